The van der Waals surface area contributed by atoms with Gasteiger partial charge in [0.15, 0.2) is 0 Å². The van der Waals surface area contributed by atoms with Crippen LogP contribution in [0, 0.1) is 5.92 Å². The largest absolute Gasteiger partial charge is 0.478 e. The number of carboxylic acid groups (broad SMARTS) is 1. The molecule has 0 spiro atoms. The zero-order valence-corrected chi connectivity index (χ0v) is 10.4. The van der Waals surface area contributed by atoms with E-state index in [2.05, 4.69) is 18.9 Å². The van der Waals surface area contributed by atoms with Gasteiger partial charge in [0.05, 0.1) is 5.56 Å². The maximum Gasteiger partial charge on any atom is 0.335 e. The molecule has 1 fully saturated rings. The number of rotatable bonds is 2. The molecule has 92 valence electrons. The minimum absolute atomic E-state index is 0.367. The first-order valence-corrected chi connectivity index (χ1v) is 6.08. The minimum atomic E-state index is -0.856. The standard InChI is InChI=1S/C14H19NO2/c1-10-7-13(9-15(2)8-10)11-3-5-12(6-4-11)14(16)17/h3-6,10,13H,7-9H2,1-2H3,(H,16,17)/t10?,13-/m0/s1. The summed E-state index contributed by atoms with van der Waals surface area (Å²) in [5, 5.41) is 8.86. The van der Waals surface area contributed by atoms with Gasteiger partial charge in [0.25, 0.3) is 0 Å². The predicted molar refractivity (Wildman–Crippen MR) is 67.4 cm³/mol. The molecule has 3 nitrogen and oxygen atoms in total. The topological polar surface area (TPSA) is 40.5 Å². The molecule has 1 aromatic carbocycles. The summed E-state index contributed by atoms with van der Waals surface area (Å²) in [4.78, 5) is 13.1. The fourth-order valence-electron chi connectivity index (χ4n) is 2.76. The molecule has 1 aliphatic rings. The molecule has 17 heavy (non-hydrogen) atoms. The van der Waals surface area contributed by atoms with Crippen LogP contribution in [0.1, 0.15) is 35.2 Å². The van der Waals surface area contributed by atoms with E-state index in [-0.39, 0.29) is 0 Å². The molecule has 1 saturated heterocycles. The monoisotopic (exact) mass is 233 g/mol. The van der Waals surface area contributed by atoms with E-state index < -0.39 is 5.97 Å². The van der Waals surface area contributed by atoms with Gasteiger partial charge in [-0.05, 0) is 43.0 Å². The number of benzene rings is 1. The Kier molecular flexibility index (Phi) is 3.48. The summed E-state index contributed by atoms with van der Waals surface area (Å²) in [6.07, 6.45) is 1.19. The fraction of sp³-hybridized carbons (Fsp3) is 0.500. The molecule has 0 radical (unpaired) electrons. The van der Waals surface area contributed by atoms with Crippen LogP contribution in [0.4, 0.5) is 0 Å². The first kappa shape index (κ1) is 12.1. The minimum Gasteiger partial charge on any atom is -0.478 e. The summed E-state index contributed by atoms with van der Waals surface area (Å²) < 4.78 is 0. The Morgan fingerprint density at radius 3 is 2.47 bits per heavy atom. The van der Waals surface area contributed by atoms with E-state index in [1.165, 1.54) is 12.0 Å². The van der Waals surface area contributed by atoms with Crippen LogP contribution < -0.4 is 0 Å². The average Bonchev–Trinajstić information content (AvgIpc) is 2.28. The SMILES string of the molecule is CC1C[C@H](c2ccc(C(=O)O)cc2)CN(C)C1. The number of nitrogens with zero attached hydrogens (tertiary/aromatic N) is 1. The second-order valence-electron chi connectivity index (χ2n) is 5.19. The van der Waals surface area contributed by atoms with E-state index in [1.807, 2.05) is 12.1 Å². The molecule has 1 N–H and O–H groups in total. The average molecular weight is 233 g/mol. The van der Waals surface area contributed by atoms with E-state index in [9.17, 15) is 4.79 Å². The Morgan fingerprint density at radius 1 is 1.29 bits per heavy atom. The molecular weight excluding hydrogens is 214 g/mol. The molecule has 0 aliphatic carbocycles. The number of hydrogen-bond donors (Lipinski definition) is 1. The third-order valence-corrected chi connectivity index (χ3v) is 3.47. The van der Waals surface area contributed by atoms with Crippen LogP contribution in [0.3, 0.4) is 0 Å². The number of aromatic carboxylic acids is 1. The Bertz CT molecular complexity index is 389. The molecular formula is C14H19NO2. The highest BCUT2D eigenvalue weighted by Gasteiger charge is 2.23. The summed E-state index contributed by atoms with van der Waals surface area (Å²) >= 11 is 0. The molecule has 2 atom stereocenters. The molecule has 0 aromatic heterocycles. The molecule has 2 rings (SSSR count). The smallest absolute Gasteiger partial charge is 0.335 e. The Morgan fingerprint density at radius 2 is 1.94 bits per heavy atom. The van der Waals surface area contributed by atoms with Crippen molar-refractivity contribution in [2.24, 2.45) is 5.92 Å². The van der Waals surface area contributed by atoms with Crippen molar-refractivity contribution in [3.05, 3.63) is 35.4 Å². The first-order chi connectivity index (χ1) is 8.06. The lowest BCUT2D eigenvalue weighted by Crippen LogP contribution is -2.35. The number of carboxylic acids is 1. The highest BCUT2D eigenvalue weighted by molar-refractivity contribution is 5.87. The number of likely N-dealkylation sites (N-methyl/N-ethyl adjacent to an activating group) is 1. The third kappa shape index (κ3) is 2.86. The number of carbonyl (C=O) groups is 1. The van der Waals surface area contributed by atoms with Crippen LogP contribution in [0.15, 0.2) is 24.3 Å². The van der Waals surface area contributed by atoms with Gasteiger partial charge in [-0.15, -0.1) is 0 Å². The van der Waals surface area contributed by atoms with Gasteiger partial charge >= 0.3 is 5.97 Å². The summed E-state index contributed by atoms with van der Waals surface area (Å²) in [5.41, 5.74) is 1.62. The van der Waals surface area contributed by atoms with Crippen molar-refractivity contribution in [2.45, 2.75) is 19.3 Å². The summed E-state index contributed by atoms with van der Waals surface area (Å²) in [5.74, 6) is 0.384. The van der Waals surface area contributed by atoms with E-state index in [0.29, 0.717) is 17.4 Å². The zero-order chi connectivity index (χ0) is 12.4. The Labute approximate surface area is 102 Å². The van der Waals surface area contributed by atoms with Crippen molar-refractivity contribution in [1.29, 1.82) is 0 Å². The van der Waals surface area contributed by atoms with E-state index in [0.717, 1.165) is 13.1 Å². The quantitative estimate of drug-likeness (QED) is 0.853. The number of likely N-dealkylation sites (tertiary alicyclic amines) is 1. The van der Waals surface area contributed by atoms with Crippen molar-refractivity contribution in [3.63, 3.8) is 0 Å². The van der Waals surface area contributed by atoms with Crippen molar-refractivity contribution in [3.8, 4) is 0 Å². The second kappa shape index (κ2) is 4.88. The Balaban J connectivity index is 2.14. The lowest BCUT2D eigenvalue weighted by Gasteiger charge is -2.34. The number of hydrogen-bond acceptors (Lipinski definition) is 2. The van der Waals surface area contributed by atoms with E-state index in [4.69, 9.17) is 5.11 Å². The van der Waals surface area contributed by atoms with Gasteiger partial charge in [-0.2, -0.15) is 0 Å². The third-order valence-electron chi connectivity index (χ3n) is 3.47. The van der Waals surface area contributed by atoms with Crippen LogP contribution in [-0.2, 0) is 0 Å². The van der Waals surface area contributed by atoms with Crippen molar-refractivity contribution in [1.82, 2.24) is 4.90 Å². The van der Waals surface area contributed by atoms with Gasteiger partial charge in [0, 0.05) is 13.1 Å². The summed E-state index contributed by atoms with van der Waals surface area (Å²) in [6.45, 7) is 4.49. The highest BCUT2D eigenvalue weighted by atomic mass is 16.4. The van der Waals surface area contributed by atoms with E-state index >= 15 is 0 Å². The second-order valence-corrected chi connectivity index (χ2v) is 5.19. The lowest BCUT2D eigenvalue weighted by molar-refractivity contribution is 0.0697. The number of piperidine rings is 1. The fourth-order valence-corrected chi connectivity index (χ4v) is 2.76. The summed E-state index contributed by atoms with van der Waals surface area (Å²) in [6, 6.07) is 7.33. The van der Waals surface area contributed by atoms with Crippen molar-refractivity contribution in [2.75, 3.05) is 20.1 Å². The molecule has 1 aromatic rings. The van der Waals surface area contributed by atoms with Gasteiger partial charge < -0.3 is 10.0 Å². The van der Waals surface area contributed by atoms with E-state index in [1.54, 1.807) is 12.1 Å². The van der Waals surface area contributed by atoms with Crippen LogP contribution in [0.2, 0.25) is 0 Å². The van der Waals surface area contributed by atoms with Gasteiger partial charge in [0.2, 0.25) is 0 Å². The highest BCUT2D eigenvalue weighted by Crippen LogP contribution is 2.29. The van der Waals surface area contributed by atoms with Crippen LogP contribution in [0.25, 0.3) is 0 Å². The molecule has 1 heterocycles. The Hall–Kier alpha value is -1.35. The van der Waals surface area contributed by atoms with Gasteiger partial charge in [0.1, 0.15) is 0 Å². The molecule has 1 unspecified atom stereocenters. The van der Waals surface area contributed by atoms with Gasteiger partial charge in [-0.3, -0.25) is 0 Å². The van der Waals surface area contributed by atoms with Crippen LogP contribution >= 0.6 is 0 Å². The molecule has 0 bridgehead atoms. The molecule has 3 heteroatoms. The van der Waals surface area contributed by atoms with Gasteiger partial charge in [-0.25, -0.2) is 4.79 Å². The predicted octanol–water partition coefficient (Wildman–Crippen LogP) is 2.44. The normalized spacial score (nSPS) is 25.8. The molecule has 1 aliphatic heterocycles. The van der Waals surface area contributed by atoms with Crippen LogP contribution in [0.5, 0.6) is 0 Å². The first-order valence-electron chi connectivity index (χ1n) is 6.08. The maximum absolute atomic E-state index is 10.8. The molecule has 0 saturated carbocycles. The van der Waals surface area contributed by atoms with Crippen molar-refractivity contribution >= 4 is 5.97 Å². The lowest BCUT2D eigenvalue weighted by atomic mass is 9.85. The van der Waals surface area contributed by atoms with Crippen LogP contribution in [-0.4, -0.2) is 36.1 Å². The van der Waals surface area contributed by atoms with Gasteiger partial charge in [-0.1, -0.05) is 19.1 Å². The molecule has 0 amide bonds. The summed E-state index contributed by atoms with van der Waals surface area (Å²) in [7, 11) is 2.15. The maximum atomic E-state index is 10.8. The van der Waals surface area contributed by atoms with Crippen molar-refractivity contribution < 1.29 is 9.90 Å². The zero-order valence-electron chi connectivity index (χ0n) is 10.4.